The van der Waals surface area contributed by atoms with Crippen LogP contribution in [0.15, 0.2) is 59.1 Å². The molecule has 0 bridgehead atoms. The molecule has 0 aliphatic heterocycles. The Labute approximate surface area is 127 Å². The number of halogens is 2. The highest BCUT2D eigenvalue weighted by atomic mass is 79.9. The first-order valence-electron chi connectivity index (χ1n) is 5.62. The van der Waals surface area contributed by atoms with E-state index in [9.17, 15) is 0 Å². The Hall–Kier alpha value is -0.640. The first-order valence-corrected chi connectivity index (χ1v) is 8.14. The number of alkyl halides is 1. The summed E-state index contributed by atoms with van der Waals surface area (Å²) in [5.74, 6) is 0. The molecule has 3 aromatic rings. The molecule has 1 atom stereocenters. The molecule has 0 saturated heterocycles. The van der Waals surface area contributed by atoms with Crippen molar-refractivity contribution < 1.29 is 0 Å². The standard InChI is InChI=1S/C15H10Br2S/c16-12-7-5-10(6-8-12)15(17)14-9-11-3-1-2-4-13(11)18-14/h1-9,15H. The zero-order valence-corrected chi connectivity index (χ0v) is 13.4. The van der Waals surface area contributed by atoms with E-state index in [4.69, 9.17) is 0 Å². The van der Waals surface area contributed by atoms with E-state index in [1.165, 1.54) is 20.5 Å². The summed E-state index contributed by atoms with van der Waals surface area (Å²) in [6.45, 7) is 0. The van der Waals surface area contributed by atoms with Gasteiger partial charge in [-0.25, -0.2) is 0 Å². The van der Waals surface area contributed by atoms with Gasteiger partial charge in [-0.1, -0.05) is 62.2 Å². The van der Waals surface area contributed by atoms with Crippen LogP contribution >= 0.6 is 43.2 Å². The second-order valence-corrected chi connectivity index (χ2v) is 7.05. The summed E-state index contributed by atoms with van der Waals surface area (Å²) in [5.41, 5.74) is 1.28. The Morgan fingerprint density at radius 3 is 2.39 bits per heavy atom. The van der Waals surface area contributed by atoms with E-state index in [1.54, 1.807) is 0 Å². The molecule has 1 unspecified atom stereocenters. The van der Waals surface area contributed by atoms with Crippen LogP contribution in [0.5, 0.6) is 0 Å². The topological polar surface area (TPSA) is 0 Å². The van der Waals surface area contributed by atoms with Gasteiger partial charge in [0.15, 0.2) is 0 Å². The lowest BCUT2D eigenvalue weighted by Crippen LogP contribution is -1.88. The smallest absolute Gasteiger partial charge is 0.0738 e. The molecule has 0 spiro atoms. The summed E-state index contributed by atoms with van der Waals surface area (Å²) >= 11 is 9.10. The van der Waals surface area contributed by atoms with Crippen molar-refractivity contribution in [1.29, 1.82) is 0 Å². The minimum absolute atomic E-state index is 0.267. The number of benzene rings is 2. The normalized spacial score (nSPS) is 12.8. The molecule has 1 aromatic heterocycles. The van der Waals surface area contributed by atoms with E-state index < -0.39 is 0 Å². The first-order chi connectivity index (χ1) is 8.74. The average molecular weight is 382 g/mol. The molecule has 0 N–H and O–H groups in total. The van der Waals surface area contributed by atoms with Gasteiger partial charge in [0, 0.05) is 14.0 Å². The predicted molar refractivity (Wildman–Crippen MR) is 86.7 cm³/mol. The van der Waals surface area contributed by atoms with E-state index in [2.05, 4.69) is 86.5 Å². The number of hydrogen-bond acceptors (Lipinski definition) is 1. The van der Waals surface area contributed by atoms with Gasteiger partial charge in [-0.15, -0.1) is 11.3 Å². The van der Waals surface area contributed by atoms with Crippen molar-refractivity contribution in [2.45, 2.75) is 4.83 Å². The van der Waals surface area contributed by atoms with Crippen molar-refractivity contribution in [3.8, 4) is 0 Å². The Morgan fingerprint density at radius 1 is 0.944 bits per heavy atom. The first kappa shape index (κ1) is 12.4. The molecular weight excluding hydrogens is 372 g/mol. The van der Waals surface area contributed by atoms with E-state index in [0.29, 0.717) is 0 Å². The number of hydrogen-bond donors (Lipinski definition) is 0. The van der Waals surface area contributed by atoms with Crippen molar-refractivity contribution in [3.63, 3.8) is 0 Å². The maximum Gasteiger partial charge on any atom is 0.0738 e. The minimum atomic E-state index is 0.267. The Kier molecular flexibility index (Phi) is 3.55. The van der Waals surface area contributed by atoms with Crippen LogP contribution in [0.2, 0.25) is 0 Å². The largest absolute Gasteiger partial charge is 0.139 e. The van der Waals surface area contributed by atoms with Gasteiger partial charge < -0.3 is 0 Å². The maximum absolute atomic E-state index is 3.79. The molecule has 0 aliphatic carbocycles. The van der Waals surface area contributed by atoms with E-state index in [-0.39, 0.29) is 4.83 Å². The number of thiophene rings is 1. The molecule has 2 aromatic carbocycles. The highest BCUT2D eigenvalue weighted by molar-refractivity contribution is 9.10. The van der Waals surface area contributed by atoms with E-state index >= 15 is 0 Å². The summed E-state index contributed by atoms with van der Waals surface area (Å²) in [4.78, 5) is 1.61. The van der Waals surface area contributed by atoms with Crippen LogP contribution in [0.4, 0.5) is 0 Å². The molecule has 90 valence electrons. The predicted octanol–water partition coefficient (Wildman–Crippen LogP) is 6.15. The van der Waals surface area contributed by atoms with Gasteiger partial charge in [0.1, 0.15) is 0 Å². The number of fused-ring (bicyclic) bond motifs is 1. The van der Waals surface area contributed by atoms with Crippen molar-refractivity contribution >= 4 is 53.3 Å². The second kappa shape index (κ2) is 5.16. The highest BCUT2D eigenvalue weighted by Crippen LogP contribution is 2.38. The van der Waals surface area contributed by atoms with Crippen LogP contribution in [0.3, 0.4) is 0 Å². The van der Waals surface area contributed by atoms with E-state index in [0.717, 1.165) is 4.47 Å². The molecule has 0 amide bonds. The van der Waals surface area contributed by atoms with E-state index in [1.807, 2.05) is 11.3 Å². The fourth-order valence-electron chi connectivity index (χ4n) is 1.92. The lowest BCUT2D eigenvalue weighted by molar-refractivity contribution is 1.22. The maximum atomic E-state index is 3.79. The summed E-state index contributed by atoms with van der Waals surface area (Å²) in [6.07, 6.45) is 0. The molecule has 0 aliphatic rings. The van der Waals surface area contributed by atoms with Crippen molar-refractivity contribution in [2.24, 2.45) is 0 Å². The fourth-order valence-corrected chi connectivity index (χ4v) is 3.98. The molecule has 0 radical (unpaired) electrons. The van der Waals surface area contributed by atoms with Gasteiger partial charge in [-0.2, -0.15) is 0 Å². The number of rotatable bonds is 2. The molecular formula is C15H10Br2S. The molecule has 0 nitrogen and oxygen atoms in total. The van der Waals surface area contributed by atoms with Crippen LogP contribution in [0, 0.1) is 0 Å². The third-order valence-corrected chi connectivity index (χ3v) is 5.89. The van der Waals surface area contributed by atoms with Crippen LogP contribution in [-0.2, 0) is 0 Å². The molecule has 0 saturated carbocycles. The second-order valence-electron chi connectivity index (χ2n) is 4.10. The highest BCUT2D eigenvalue weighted by Gasteiger charge is 2.13. The molecule has 18 heavy (non-hydrogen) atoms. The lowest BCUT2D eigenvalue weighted by Gasteiger charge is -2.07. The average Bonchev–Trinajstić information content (AvgIpc) is 2.82. The third-order valence-electron chi connectivity index (χ3n) is 2.86. The Morgan fingerprint density at radius 2 is 1.67 bits per heavy atom. The Balaban J connectivity index is 2.00. The van der Waals surface area contributed by atoms with Crippen molar-refractivity contribution in [3.05, 3.63) is 69.5 Å². The molecule has 1 heterocycles. The van der Waals surface area contributed by atoms with Gasteiger partial charge in [0.05, 0.1) is 4.83 Å². The summed E-state index contributed by atoms with van der Waals surface area (Å²) in [7, 11) is 0. The minimum Gasteiger partial charge on any atom is -0.139 e. The van der Waals surface area contributed by atoms with Gasteiger partial charge in [-0.05, 0) is 35.2 Å². The summed E-state index contributed by atoms with van der Waals surface area (Å²) in [6, 6.07) is 19.2. The monoisotopic (exact) mass is 380 g/mol. The van der Waals surface area contributed by atoms with Gasteiger partial charge in [-0.3, -0.25) is 0 Å². The molecule has 3 heteroatoms. The zero-order chi connectivity index (χ0) is 12.5. The van der Waals surface area contributed by atoms with Crippen LogP contribution in [0.1, 0.15) is 15.3 Å². The van der Waals surface area contributed by atoms with Gasteiger partial charge in [0.25, 0.3) is 0 Å². The third kappa shape index (κ3) is 2.40. The quantitative estimate of drug-likeness (QED) is 0.467. The Bertz CT molecular complexity index is 637. The van der Waals surface area contributed by atoms with Gasteiger partial charge in [0.2, 0.25) is 0 Å². The fraction of sp³-hybridized carbons (Fsp3) is 0.0667. The summed E-state index contributed by atoms with van der Waals surface area (Å²) in [5, 5.41) is 1.32. The summed E-state index contributed by atoms with van der Waals surface area (Å²) < 4.78 is 2.45. The molecule has 0 fully saturated rings. The molecule has 3 rings (SSSR count). The van der Waals surface area contributed by atoms with Crippen molar-refractivity contribution in [1.82, 2.24) is 0 Å². The van der Waals surface area contributed by atoms with Crippen LogP contribution in [0.25, 0.3) is 10.1 Å². The SMILES string of the molecule is Brc1ccc(C(Br)c2cc3ccccc3s2)cc1. The lowest BCUT2D eigenvalue weighted by atomic mass is 10.1. The van der Waals surface area contributed by atoms with Gasteiger partial charge >= 0.3 is 0 Å². The van der Waals surface area contributed by atoms with Crippen molar-refractivity contribution in [2.75, 3.05) is 0 Å². The zero-order valence-electron chi connectivity index (χ0n) is 9.44. The van der Waals surface area contributed by atoms with Crippen LogP contribution in [-0.4, -0.2) is 0 Å². The van der Waals surface area contributed by atoms with Crippen LogP contribution < -0.4 is 0 Å².